The molecule has 0 aromatic carbocycles. The standard InChI is InChI=1S/C18H23N5O/c1-13(2)22(3)11-17(24)23-8-6-16-15(10-23)18(21-12-20-16)14-5-4-7-19-9-14/h4-5,7,9,12-13H,6,8,10-11H2,1-3H3. The summed E-state index contributed by atoms with van der Waals surface area (Å²) in [6, 6.07) is 4.23. The van der Waals surface area contributed by atoms with Crippen molar-refractivity contribution in [2.75, 3.05) is 20.1 Å². The third-order valence-corrected chi connectivity index (χ3v) is 4.56. The van der Waals surface area contributed by atoms with Crippen LogP contribution in [-0.2, 0) is 17.8 Å². The molecule has 1 aliphatic heterocycles. The Bertz CT molecular complexity index is 717. The highest BCUT2D eigenvalue weighted by Crippen LogP contribution is 2.26. The van der Waals surface area contributed by atoms with Crippen LogP contribution in [0.5, 0.6) is 0 Å². The highest BCUT2D eigenvalue weighted by molar-refractivity contribution is 5.79. The van der Waals surface area contributed by atoms with Crippen LogP contribution < -0.4 is 0 Å². The summed E-state index contributed by atoms with van der Waals surface area (Å²) in [7, 11) is 1.98. The molecule has 126 valence electrons. The van der Waals surface area contributed by atoms with Crippen LogP contribution >= 0.6 is 0 Å². The number of aromatic nitrogens is 3. The third kappa shape index (κ3) is 3.43. The quantitative estimate of drug-likeness (QED) is 0.857. The van der Waals surface area contributed by atoms with Gasteiger partial charge in [-0.2, -0.15) is 0 Å². The first-order valence-electron chi connectivity index (χ1n) is 8.27. The molecule has 3 rings (SSSR count). The SMILES string of the molecule is CC(C)N(C)CC(=O)N1CCc2ncnc(-c3cccnc3)c2C1. The van der Waals surface area contributed by atoms with E-state index in [-0.39, 0.29) is 5.91 Å². The number of pyridine rings is 1. The minimum atomic E-state index is 0.151. The Hall–Kier alpha value is -2.34. The molecule has 2 aromatic heterocycles. The van der Waals surface area contributed by atoms with Crippen molar-refractivity contribution >= 4 is 5.91 Å². The fourth-order valence-electron chi connectivity index (χ4n) is 2.80. The number of rotatable bonds is 4. The van der Waals surface area contributed by atoms with Crippen LogP contribution in [-0.4, -0.2) is 56.8 Å². The molecular formula is C18H23N5O. The average molecular weight is 325 g/mol. The van der Waals surface area contributed by atoms with Crippen LogP contribution in [0.3, 0.4) is 0 Å². The predicted molar refractivity (Wildman–Crippen MR) is 92.2 cm³/mol. The first-order chi connectivity index (χ1) is 11.6. The summed E-state index contributed by atoms with van der Waals surface area (Å²) in [6.07, 6.45) is 5.91. The van der Waals surface area contributed by atoms with Gasteiger partial charge in [0.2, 0.25) is 5.91 Å². The van der Waals surface area contributed by atoms with E-state index in [2.05, 4.69) is 33.7 Å². The molecule has 0 radical (unpaired) electrons. The number of nitrogens with zero attached hydrogens (tertiary/aromatic N) is 5. The van der Waals surface area contributed by atoms with Crippen molar-refractivity contribution in [1.82, 2.24) is 24.8 Å². The van der Waals surface area contributed by atoms with Crippen molar-refractivity contribution in [3.8, 4) is 11.3 Å². The first kappa shape index (κ1) is 16.5. The van der Waals surface area contributed by atoms with Gasteiger partial charge in [0, 0.05) is 49.1 Å². The van der Waals surface area contributed by atoms with Crippen LogP contribution in [0.25, 0.3) is 11.3 Å². The van der Waals surface area contributed by atoms with Crippen molar-refractivity contribution in [2.45, 2.75) is 32.9 Å². The minimum Gasteiger partial charge on any atom is -0.337 e. The lowest BCUT2D eigenvalue weighted by Crippen LogP contribution is -2.43. The van der Waals surface area contributed by atoms with Crippen LogP contribution in [0.15, 0.2) is 30.9 Å². The number of fused-ring (bicyclic) bond motifs is 1. The summed E-state index contributed by atoms with van der Waals surface area (Å²) < 4.78 is 0. The van der Waals surface area contributed by atoms with Gasteiger partial charge in [-0.1, -0.05) is 0 Å². The van der Waals surface area contributed by atoms with Crippen LogP contribution in [0.1, 0.15) is 25.1 Å². The molecule has 0 atom stereocenters. The van der Waals surface area contributed by atoms with E-state index in [1.807, 2.05) is 24.1 Å². The lowest BCUT2D eigenvalue weighted by Gasteiger charge is -2.31. The molecule has 2 aromatic rings. The van der Waals surface area contributed by atoms with Gasteiger partial charge in [-0.3, -0.25) is 14.7 Å². The molecule has 6 nitrogen and oxygen atoms in total. The van der Waals surface area contributed by atoms with Crippen molar-refractivity contribution in [2.24, 2.45) is 0 Å². The van der Waals surface area contributed by atoms with Gasteiger partial charge in [-0.15, -0.1) is 0 Å². The van der Waals surface area contributed by atoms with Crippen LogP contribution in [0.4, 0.5) is 0 Å². The molecule has 6 heteroatoms. The minimum absolute atomic E-state index is 0.151. The fourth-order valence-corrected chi connectivity index (χ4v) is 2.80. The molecule has 0 spiro atoms. The first-order valence-corrected chi connectivity index (χ1v) is 8.27. The van der Waals surface area contributed by atoms with Gasteiger partial charge in [-0.25, -0.2) is 9.97 Å². The number of amides is 1. The largest absolute Gasteiger partial charge is 0.337 e. The zero-order chi connectivity index (χ0) is 17.1. The van der Waals surface area contributed by atoms with Gasteiger partial charge in [0.25, 0.3) is 0 Å². The summed E-state index contributed by atoms with van der Waals surface area (Å²) >= 11 is 0. The number of hydrogen-bond acceptors (Lipinski definition) is 5. The van der Waals surface area contributed by atoms with E-state index in [0.29, 0.717) is 25.7 Å². The molecule has 1 aliphatic rings. The second-order valence-corrected chi connectivity index (χ2v) is 6.46. The maximum Gasteiger partial charge on any atom is 0.237 e. The second kappa shape index (κ2) is 7.05. The summed E-state index contributed by atoms with van der Waals surface area (Å²) in [4.78, 5) is 29.6. The summed E-state index contributed by atoms with van der Waals surface area (Å²) in [5.74, 6) is 0.151. The third-order valence-electron chi connectivity index (χ3n) is 4.56. The molecule has 24 heavy (non-hydrogen) atoms. The smallest absolute Gasteiger partial charge is 0.237 e. The lowest BCUT2D eigenvalue weighted by molar-refractivity contribution is -0.133. The van der Waals surface area contributed by atoms with E-state index in [1.165, 1.54) is 0 Å². The average Bonchev–Trinajstić information content (AvgIpc) is 2.61. The summed E-state index contributed by atoms with van der Waals surface area (Å²) in [6.45, 7) is 5.88. The van der Waals surface area contributed by atoms with Crippen molar-refractivity contribution in [1.29, 1.82) is 0 Å². The van der Waals surface area contributed by atoms with E-state index >= 15 is 0 Å². The Balaban J connectivity index is 1.83. The second-order valence-electron chi connectivity index (χ2n) is 6.46. The number of carbonyl (C=O) groups is 1. The Kier molecular flexibility index (Phi) is 4.85. The molecule has 0 saturated heterocycles. The maximum atomic E-state index is 12.6. The molecule has 0 saturated carbocycles. The molecular weight excluding hydrogens is 302 g/mol. The normalized spacial score (nSPS) is 14.1. The molecule has 0 N–H and O–H groups in total. The van der Waals surface area contributed by atoms with E-state index in [4.69, 9.17) is 0 Å². The number of likely N-dealkylation sites (N-methyl/N-ethyl adjacent to an activating group) is 1. The van der Waals surface area contributed by atoms with Crippen LogP contribution in [0, 0.1) is 0 Å². The Labute approximate surface area is 142 Å². The van der Waals surface area contributed by atoms with Crippen molar-refractivity contribution < 1.29 is 4.79 Å². The molecule has 3 heterocycles. The Morgan fingerprint density at radius 2 is 2.21 bits per heavy atom. The van der Waals surface area contributed by atoms with Crippen molar-refractivity contribution in [3.05, 3.63) is 42.1 Å². The van der Waals surface area contributed by atoms with Gasteiger partial charge in [0.15, 0.2) is 0 Å². The summed E-state index contributed by atoms with van der Waals surface area (Å²) in [5, 5.41) is 0. The van der Waals surface area contributed by atoms with Crippen LogP contribution in [0.2, 0.25) is 0 Å². The molecule has 0 unspecified atom stereocenters. The Morgan fingerprint density at radius 3 is 2.92 bits per heavy atom. The van der Waals surface area contributed by atoms with E-state index in [9.17, 15) is 4.79 Å². The molecule has 0 aliphatic carbocycles. The molecule has 0 fully saturated rings. The van der Waals surface area contributed by atoms with Gasteiger partial charge in [0.05, 0.1) is 17.9 Å². The lowest BCUT2D eigenvalue weighted by atomic mass is 10.00. The highest BCUT2D eigenvalue weighted by atomic mass is 16.2. The summed E-state index contributed by atoms with van der Waals surface area (Å²) in [5.41, 5.74) is 3.91. The molecule has 0 bridgehead atoms. The zero-order valence-electron chi connectivity index (χ0n) is 14.4. The fraction of sp³-hybridized carbons (Fsp3) is 0.444. The van der Waals surface area contributed by atoms with Crippen molar-refractivity contribution in [3.63, 3.8) is 0 Å². The number of carbonyl (C=O) groups excluding carboxylic acids is 1. The van der Waals surface area contributed by atoms with E-state index in [1.54, 1.807) is 18.7 Å². The zero-order valence-corrected chi connectivity index (χ0v) is 14.4. The Morgan fingerprint density at radius 1 is 1.38 bits per heavy atom. The van der Waals surface area contributed by atoms with Gasteiger partial charge < -0.3 is 4.90 Å². The predicted octanol–water partition coefficient (Wildman–Crippen LogP) is 1.76. The van der Waals surface area contributed by atoms with Gasteiger partial charge in [0.1, 0.15) is 6.33 Å². The van der Waals surface area contributed by atoms with E-state index < -0.39 is 0 Å². The maximum absolute atomic E-state index is 12.6. The molecule has 1 amide bonds. The highest BCUT2D eigenvalue weighted by Gasteiger charge is 2.25. The number of hydrogen-bond donors (Lipinski definition) is 0. The van der Waals surface area contributed by atoms with E-state index in [0.717, 1.165) is 28.9 Å². The monoisotopic (exact) mass is 325 g/mol. The topological polar surface area (TPSA) is 62.2 Å². The van der Waals surface area contributed by atoms with Gasteiger partial charge in [-0.05, 0) is 33.0 Å². The van der Waals surface area contributed by atoms with Gasteiger partial charge >= 0.3 is 0 Å².